The molecule has 0 saturated heterocycles. The fraction of sp³-hybridized carbons (Fsp3) is 0.0625. The molecular weight excluding hydrogens is 841 g/mol. The van der Waals surface area contributed by atoms with Gasteiger partial charge in [0.1, 0.15) is 11.2 Å². The maximum absolute atomic E-state index is 6.42. The predicted octanol–water partition coefficient (Wildman–Crippen LogP) is 15.0. The third-order valence-electron chi connectivity index (χ3n) is 14.3. The molecule has 12 rings (SSSR count). The van der Waals surface area contributed by atoms with E-state index in [1.54, 1.807) is 0 Å². The van der Waals surface area contributed by atoms with E-state index in [4.69, 9.17) is 4.42 Å². The Bertz CT molecular complexity index is 3510. The average molecular weight is 891 g/mol. The summed E-state index contributed by atoms with van der Waals surface area (Å²) >= 11 is 0. The van der Waals surface area contributed by atoms with Gasteiger partial charge in [-0.25, -0.2) is 0 Å². The molecule has 0 spiro atoms. The zero-order valence-corrected chi connectivity index (χ0v) is 39.3. The Morgan fingerprint density at radius 1 is 0.426 bits per heavy atom. The van der Waals surface area contributed by atoms with Crippen LogP contribution in [-0.4, -0.2) is 8.07 Å². The predicted molar refractivity (Wildman–Crippen MR) is 288 cm³/mol. The second kappa shape index (κ2) is 16.9. The molecule has 0 aliphatic heterocycles. The highest BCUT2D eigenvalue weighted by molar-refractivity contribution is 7.16. The number of furan rings is 1. The van der Waals surface area contributed by atoms with E-state index in [2.05, 4.69) is 266 Å². The van der Waals surface area contributed by atoms with Gasteiger partial charge in [0.2, 0.25) is 0 Å². The van der Waals surface area contributed by atoms with Crippen LogP contribution in [0.2, 0.25) is 0 Å². The van der Waals surface area contributed by atoms with Gasteiger partial charge < -0.3 is 14.2 Å². The van der Waals surface area contributed by atoms with Crippen molar-refractivity contribution in [3.8, 4) is 11.1 Å². The lowest BCUT2D eigenvalue weighted by molar-refractivity contribution is 0.660. The Hall–Kier alpha value is -8.18. The summed E-state index contributed by atoms with van der Waals surface area (Å²) in [6.45, 7) is 4.70. The van der Waals surface area contributed by atoms with Crippen LogP contribution in [-0.2, 0) is 5.41 Å². The molecule has 0 unspecified atom stereocenters. The molecule has 0 bridgehead atoms. The molecule has 0 amide bonds. The normalized spacial score (nSPS) is 13.9. The maximum Gasteiger partial charge on any atom is 0.179 e. The van der Waals surface area contributed by atoms with Gasteiger partial charge in [0, 0.05) is 62.8 Å². The van der Waals surface area contributed by atoms with Crippen LogP contribution in [0.1, 0.15) is 31.4 Å². The number of hydrogen-bond acceptors (Lipinski definition) is 3. The van der Waals surface area contributed by atoms with Crippen LogP contribution in [0.4, 0.5) is 28.4 Å². The van der Waals surface area contributed by atoms with Gasteiger partial charge in [0.05, 0.1) is 0 Å². The first-order chi connectivity index (χ1) is 33.5. The lowest BCUT2D eigenvalue weighted by atomic mass is 9.82. The highest BCUT2D eigenvalue weighted by Gasteiger charge is 2.43. The van der Waals surface area contributed by atoms with Crippen LogP contribution in [0.3, 0.4) is 0 Å². The summed E-state index contributed by atoms with van der Waals surface area (Å²) in [7, 11) is -2.93. The van der Waals surface area contributed by atoms with Crippen molar-refractivity contribution in [2.75, 3.05) is 9.80 Å². The number of para-hydroxylation sites is 3. The first-order valence-corrected chi connectivity index (χ1v) is 25.6. The topological polar surface area (TPSA) is 19.6 Å². The van der Waals surface area contributed by atoms with Crippen LogP contribution < -0.4 is 25.4 Å². The number of hydrogen-bond donors (Lipinski definition) is 0. The largest absolute Gasteiger partial charge is 0.456 e. The molecule has 2 aliphatic rings. The Morgan fingerprint density at radius 3 is 1.65 bits per heavy atom. The molecule has 1 heterocycles. The van der Waals surface area contributed by atoms with Gasteiger partial charge in [-0.3, -0.25) is 0 Å². The molecule has 10 aromatic rings. The quantitative estimate of drug-likeness (QED) is 0.101. The van der Waals surface area contributed by atoms with Crippen molar-refractivity contribution >= 4 is 74.0 Å². The molecule has 4 heteroatoms. The Labute approximate surface area is 399 Å². The fourth-order valence-electron chi connectivity index (χ4n) is 11.1. The van der Waals surface area contributed by atoms with E-state index in [-0.39, 0.29) is 5.41 Å². The van der Waals surface area contributed by atoms with Crippen LogP contribution >= 0.6 is 0 Å². The number of anilines is 5. The van der Waals surface area contributed by atoms with Gasteiger partial charge in [0.25, 0.3) is 0 Å². The van der Waals surface area contributed by atoms with Crippen LogP contribution in [0.25, 0.3) is 33.1 Å². The standard InChI is InChI=1S/C64H50N2OSi/c1-64(2)60-32-17-15-30-56(60)59-44-50(38-43-61(59)64)65(46-20-7-3-8-21-46)48-24-19-29-54(39-34-48)68(52-25-11-5-12-26-52,53-27-13-6-14-28-53)55-40-35-49(36-41-55)66(47-22-9-4-10-23-47)51-37-42-58-57-31-16-18-33-62(57)67-63(58)45-51/h3-33,35-45H,34H2,1-2H3. The lowest BCUT2D eigenvalue weighted by Gasteiger charge is -2.36. The number of benzene rings is 9. The molecule has 68 heavy (non-hydrogen) atoms. The Kier molecular flexibility index (Phi) is 10.3. The van der Waals surface area contributed by atoms with Crippen LogP contribution in [0, 0.1) is 0 Å². The molecule has 2 aliphatic carbocycles. The van der Waals surface area contributed by atoms with Gasteiger partial charge in [0.15, 0.2) is 8.07 Å². The van der Waals surface area contributed by atoms with Crippen molar-refractivity contribution in [1.82, 2.24) is 0 Å². The highest BCUT2D eigenvalue weighted by atomic mass is 28.3. The number of fused-ring (bicyclic) bond motifs is 6. The van der Waals surface area contributed by atoms with E-state index < -0.39 is 8.07 Å². The van der Waals surface area contributed by atoms with Gasteiger partial charge in [-0.2, -0.15) is 0 Å². The molecule has 1 aromatic heterocycles. The first-order valence-electron chi connectivity index (χ1n) is 23.6. The van der Waals surface area contributed by atoms with Crippen molar-refractivity contribution < 1.29 is 4.42 Å². The van der Waals surface area contributed by atoms with Crippen molar-refractivity contribution in [2.24, 2.45) is 0 Å². The number of allylic oxidation sites excluding steroid dienone is 5. The maximum atomic E-state index is 6.42. The first kappa shape index (κ1) is 41.3. The molecule has 0 radical (unpaired) electrons. The minimum atomic E-state index is -2.93. The monoisotopic (exact) mass is 890 g/mol. The van der Waals surface area contributed by atoms with Crippen LogP contribution in [0.15, 0.2) is 270 Å². The second-order valence-electron chi connectivity index (χ2n) is 18.4. The van der Waals surface area contributed by atoms with Crippen molar-refractivity contribution in [3.63, 3.8) is 0 Å². The van der Waals surface area contributed by atoms with Gasteiger partial charge in [-0.05, 0) is 116 Å². The van der Waals surface area contributed by atoms with E-state index >= 15 is 0 Å². The highest BCUT2D eigenvalue weighted by Crippen LogP contribution is 2.50. The molecule has 326 valence electrons. The molecule has 0 saturated carbocycles. The van der Waals surface area contributed by atoms with Gasteiger partial charge in [-0.1, -0.05) is 190 Å². The summed E-state index contributed by atoms with van der Waals surface area (Å²) in [6.07, 6.45) is 10.3. The summed E-state index contributed by atoms with van der Waals surface area (Å²) in [5, 5.41) is 7.59. The van der Waals surface area contributed by atoms with E-state index in [1.165, 1.54) is 48.7 Å². The summed E-state index contributed by atoms with van der Waals surface area (Å²) < 4.78 is 6.42. The van der Waals surface area contributed by atoms with Gasteiger partial charge in [-0.15, -0.1) is 0 Å². The minimum Gasteiger partial charge on any atom is -0.456 e. The summed E-state index contributed by atoms with van der Waals surface area (Å²) in [5.74, 6) is 0. The second-order valence-corrected chi connectivity index (χ2v) is 22.2. The minimum absolute atomic E-state index is 0.0609. The zero-order chi connectivity index (χ0) is 45.7. The molecule has 0 fully saturated rings. The third-order valence-corrected chi connectivity index (χ3v) is 19.1. The van der Waals surface area contributed by atoms with E-state index in [1.807, 2.05) is 12.1 Å². The third kappa shape index (κ3) is 6.87. The fourth-order valence-corrected chi connectivity index (χ4v) is 15.9. The summed E-state index contributed by atoms with van der Waals surface area (Å²) in [4.78, 5) is 4.80. The lowest BCUT2D eigenvalue weighted by Crippen LogP contribution is -2.68. The SMILES string of the molecule is CC1(C)c2ccccc2-c2cc(N(C3=CC=CC([Si](c4ccccc4)(c4ccccc4)c4ccc(N(c5ccccc5)c5ccc6c(c5)oc5ccccc56)cc4)=CC3)c3ccccc3)ccc21. The Morgan fingerprint density at radius 2 is 0.941 bits per heavy atom. The van der Waals surface area contributed by atoms with Gasteiger partial charge >= 0.3 is 0 Å². The van der Waals surface area contributed by atoms with E-state index in [9.17, 15) is 0 Å². The van der Waals surface area contributed by atoms with Crippen LogP contribution in [0.5, 0.6) is 0 Å². The number of rotatable bonds is 10. The molecule has 3 nitrogen and oxygen atoms in total. The van der Waals surface area contributed by atoms with Crippen molar-refractivity contribution in [2.45, 2.75) is 25.7 Å². The molecular formula is C64H50N2OSi. The summed E-state index contributed by atoms with van der Waals surface area (Å²) in [5.41, 5.74) is 13.8. The zero-order valence-electron chi connectivity index (χ0n) is 38.3. The smallest absolute Gasteiger partial charge is 0.179 e. The van der Waals surface area contributed by atoms with Crippen molar-refractivity contribution in [3.05, 3.63) is 277 Å². The van der Waals surface area contributed by atoms with E-state index in [0.29, 0.717) is 0 Å². The molecule has 0 N–H and O–H groups in total. The molecule has 9 aromatic carbocycles. The summed E-state index contributed by atoms with van der Waals surface area (Å²) in [6, 6.07) is 84.3. The number of nitrogens with zero attached hydrogens (tertiary/aromatic N) is 2. The molecule has 0 atom stereocenters. The average Bonchev–Trinajstić information content (AvgIpc) is 3.75. The van der Waals surface area contributed by atoms with E-state index in [0.717, 1.165) is 56.8 Å². The Balaban J connectivity index is 0.981. The van der Waals surface area contributed by atoms with Crippen molar-refractivity contribution in [1.29, 1.82) is 0 Å².